The third-order valence-electron chi connectivity index (χ3n) is 5.33. The lowest BCUT2D eigenvalue weighted by atomic mass is 9.98. The zero-order chi connectivity index (χ0) is 20.7. The van der Waals surface area contributed by atoms with Crippen LogP contribution in [0.25, 0.3) is 5.57 Å². The van der Waals surface area contributed by atoms with Gasteiger partial charge in [-0.05, 0) is 54.7 Å². The summed E-state index contributed by atoms with van der Waals surface area (Å²) in [5.74, 6) is -0.844. The van der Waals surface area contributed by atoms with E-state index in [9.17, 15) is 14.0 Å². The lowest BCUT2D eigenvalue weighted by molar-refractivity contribution is -0.120. The Kier molecular flexibility index (Phi) is 5.36. The Bertz CT molecular complexity index is 1020. The number of rotatable bonds is 3. The van der Waals surface area contributed by atoms with E-state index in [0.29, 0.717) is 41.0 Å². The molecule has 0 radical (unpaired) electrons. The van der Waals surface area contributed by atoms with Gasteiger partial charge in [0.2, 0.25) is 0 Å². The topological polar surface area (TPSA) is 40.6 Å². The van der Waals surface area contributed by atoms with Crippen molar-refractivity contribution in [3.63, 3.8) is 0 Å². The SMILES string of the molecule is CC1CCCN(C2=C(c3ccc(F)cc3)C(=O)N(c3ccc(Cl)c(Cl)c3)C2=O)C1. The summed E-state index contributed by atoms with van der Waals surface area (Å²) >= 11 is 12.1. The fraction of sp³-hybridized carbons (Fsp3) is 0.273. The Morgan fingerprint density at radius 2 is 1.72 bits per heavy atom. The zero-order valence-corrected chi connectivity index (χ0v) is 17.3. The number of anilines is 1. The summed E-state index contributed by atoms with van der Waals surface area (Å²) in [6, 6.07) is 10.3. The van der Waals surface area contributed by atoms with E-state index < -0.39 is 17.6 Å². The molecule has 1 saturated heterocycles. The standard InChI is InChI=1S/C22H19Cl2FN2O2/c1-13-3-2-10-26(12-13)20-19(14-4-6-15(25)7-5-14)21(28)27(22(20)29)16-8-9-17(23)18(24)11-16/h4-9,11,13H,2-3,10,12H2,1H3. The lowest BCUT2D eigenvalue weighted by Crippen LogP contribution is -2.39. The third-order valence-corrected chi connectivity index (χ3v) is 6.07. The Morgan fingerprint density at radius 3 is 2.38 bits per heavy atom. The molecule has 0 N–H and O–H groups in total. The first-order chi connectivity index (χ1) is 13.9. The summed E-state index contributed by atoms with van der Waals surface area (Å²) in [4.78, 5) is 29.9. The normalized spacial score (nSPS) is 20.1. The van der Waals surface area contributed by atoms with Gasteiger partial charge in [-0.3, -0.25) is 9.59 Å². The first-order valence-corrected chi connectivity index (χ1v) is 10.2. The van der Waals surface area contributed by atoms with E-state index in [1.807, 2.05) is 4.90 Å². The van der Waals surface area contributed by atoms with Crippen molar-refractivity contribution in [2.45, 2.75) is 19.8 Å². The van der Waals surface area contributed by atoms with Crippen LogP contribution in [0.2, 0.25) is 10.0 Å². The number of carbonyl (C=O) groups excluding carboxylic acids is 2. The fourth-order valence-corrected chi connectivity index (χ4v) is 4.23. The van der Waals surface area contributed by atoms with Crippen LogP contribution in [0.1, 0.15) is 25.3 Å². The third kappa shape index (κ3) is 3.65. The number of amides is 2. The maximum absolute atomic E-state index is 13.5. The van der Waals surface area contributed by atoms with Gasteiger partial charge in [-0.25, -0.2) is 9.29 Å². The molecule has 2 aromatic rings. The maximum atomic E-state index is 13.5. The fourth-order valence-electron chi connectivity index (χ4n) is 3.94. The van der Waals surface area contributed by atoms with E-state index in [0.717, 1.165) is 17.7 Å². The van der Waals surface area contributed by atoms with Crippen LogP contribution in [-0.2, 0) is 9.59 Å². The average molecular weight is 433 g/mol. The quantitative estimate of drug-likeness (QED) is 0.629. The van der Waals surface area contributed by atoms with E-state index in [1.165, 1.54) is 30.3 Å². The van der Waals surface area contributed by atoms with E-state index in [4.69, 9.17) is 23.2 Å². The first-order valence-electron chi connectivity index (χ1n) is 9.46. The number of nitrogens with zero attached hydrogens (tertiary/aromatic N) is 2. The van der Waals surface area contributed by atoms with Crippen molar-refractivity contribution >= 4 is 46.3 Å². The van der Waals surface area contributed by atoms with Crippen molar-refractivity contribution in [1.82, 2.24) is 4.90 Å². The molecule has 0 aliphatic carbocycles. The van der Waals surface area contributed by atoms with Crippen molar-refractivity contribution in [3.05, 3.63) is 69.6 Å². The molecule has 0 bridgehead atoms. The summed E-state index contributed by atoms with van der Waals surface area (Å²) in [5.41, 5.74) is 1.52. The minimum absolute atomic E-state index is 0.258. The Balaban J connectivity index is 1.83. The highest BCUT2D eigenvalue weighted by molar-refractivity contribution is 6.46. The highest BCUT2D eigenvalue weighted by Gasteiger charge is 2.43. The largest absolute Gasteiger partial charge is 0.366 e. The molecule has 2 aliphatic heterocycles. The number of benzene rings is 2. The average Bonchev–Trinajstić information content (AvgIpc) is 2.95. The predicted molar refractivity (Wildman–Crippen MR) is 112 cm³/mol. The number of halogens is 3. The van der Waals surface area contributed by atoms with Gasteiger partial charge in [0.05, 0.1) is 21.3 Å². The number of imide groups is 1. The Hall–Kier alpha value is -2.37. The van der Waals surface area contributed by atoms with Crippen LogP contribution in [0.3, 0.4) is 0 Å². The molecule has 2 aromatic carbocycles. The molecule has 0 saturated carbocycles. The first kappa shape index (κ1) is 19.9. The molecule has 7 heteroatoms. The molecular weight excluding hydrogens is 414 g/mol. The Morgan fingerprint density at radius 1 is 1.00 bits per heavy atom. The number of carbonyl (C=O) groups is 2. The van der Waals surface area contributed by atoms with E-state index >= 15 is 0 Å². The molecule has 2 amide bonds. The number of likely N-dealkylation sites (tertiary alicyclic amines) is 1. The van der Waals surface area contributed by atoms with Crippen LogP contribution in [0.4, 0.5) is 10.1 Å². The predicted octanol–water partition coefficient (Wildman–Crippen LogP) is 5.15. The van der Waals surface area contributed by atoms with Gasteiger partial charge in [0, 0.05) is 13.1 Å². The second-order valence-electron chi connectivity index (χ2n) is 7.47. The second kappa shape index (κ2) is 7.81. The molecule has 1 atom stereocenters. The van der Waals surface area contributed by atoms with Gasteiger partial charge < -0.3 is 4.90 Å². The van der Waals surface area contributed by atoms with Crippen LogP contribution < -0.4 is 4.90 Å². The minimum Gasteiger partial charge on any atom is -0.366 e. The van der Waals surface area contributed by atoms with Gasteiger partial charge in [-0.15, -0.1) is 0 Å². The van der Waals surface area contributed by atoms with Crippen LogP contribution in [0.15, 0.2) is 48.2 Å². The molecule has 0 spiro atoms. The maximum Gasteiger partial charge on any atom is 0.282 e. The highest BCUT2D eigenvalue weighted by atomic mass is 35.5. The van der Waals surface area contributed by atoms with E-state index in [1.54, 1.807) is 12.1 Å². The number of piperidine rings is 1. The van der Waals surface area contributed by atoms with Crippen molar-refractivity contribution in [1.29, 1.82) is 0 Å². The molecule has 2 aliphatic rings. The molecule has 29 heavy (non-hydrogen) atoms. The van der Waals surface area contributed by atoms with Gasteiger partial charge in [-0.2, -0.15) is 0 Å². The van der Waals surface area contributed by atoms with Crippen molar-refractivity contribution in [3.8, 4) is 0 Å². The molecule has 2 heterocycles. The van der Waals surface area contributed by atoms with Crippen molar-refractivity contribution in [2.24, 2.45) is 5.92 Å². The van der Waals surface area contributed by atoms with Gasteiger partial charge in [0.1, 0.15) is 11.5 Å². The molecule has 4 nitrogen and oxygen atoms in total. The van der Waals surface area contributed by atoms with Crippen LogP contribution in [-0.4, -0.2) is 29.8 Å². The van der Waals surface area contributed by atoms with Crippen LogP contribution in [0.5, 0.6) is 0 Å². The molecule has 1 unspecified atom stereocenters. The van der Waals surface area contributed by atoms with Gasteiger partial charge >= 0.3 is 0 Å². The minimum atomic E-state index is -0.451. The van der Waals surface area contributed by atoms with Gasteiger partial charge in [0.15, 0.2) is 0 Å². The van der Waals surface area contributed by atoms with Gasteiger partial charge in [-0.1, -0.05) is 42.3 Å². The number of hydrogen-bond donors (Lipinski definition) is 0. The van der Waals surface area contributed by atoms with Crippen molar-refractivity contribution < 1.29 is 14.0 Å². The zero-order valence-electron chi connectivity index (χ0n) is 15.8. The molecule has 0 aromatic heterocycles. The van der Waals surface area contributed by atoms with Gasteiger partial charge in [0.25, 0.3) is 11.8 Å². The summed E-state index contributed by atoms with van der Waals surface area (Å²) in [7, 11) is 0. The number of hydrogen-bond acceptors (Lipinski definition) is 3. The van der Waals surface area contributed by atoms with Crippen LogP contribution in [0, 0.1) is 11.7 Å². The molecule has 1 fully saturated rings. The molecular formula is C22H19Cl2FN2O2. The van der Waals surface area contributed by atoms with Crippen LogP contribution >= 0.6 is 23.2 Å². The molecule has 4 rings (SSSR count). The highest BCUT2D eigenvalue weighted by Crippen LogP contribution is 2.38. The lowest BCUT2D eigenvalue weighted by Gasteiger charge is -2.33. The second-order valence-corrected chi connectivity index (χ2v) is 8.28. The summed E-state index contributed by atoms with van der Waals surface area (Å²) in [5, 5.41) is 0.597. The monoisotopic (exact) mass is 432 g/mol. The Labute approximate surface area is 178 Å². The molecule has 150 valence electrons. The smallest absolute Gasteiger partial charge is 0.282 e. The van der Waals surface area contributed by atoms with E-state index in [-0.39, 0.29) is 10.6 Å². The van der Waals surface area contributed by atoms with E-state index in [2.05, 4.69) is 6.92 Å². The summed E-state index contributed by atoms with van der Waals surface area (Å²) in [6.45, 7) is 3.51. The van der Waals surface area contributed by atoms with Crippen molar-refractivity contribution in [2.75, 3.05) is 18.0 Å². The summed E-state index contributed by atoms with van der Waals surface area (Å²) < 4.78 is 13.5. The summed E-state index contributed by atoms with van der Waals surface area (Å²) in [6.07, 6.45) is 2.02.